The van der Waals surface area contributed by atoms with Crippen molar-refractivity contribution >= 4 is 29.2 Å². The zero-order valence-corrected chi connectivity index (χ0v) is 12.7. The van der Waals surface area contributed by atoms with E-state index in [2.05, 4.69) is 0 Å². The van der Waals surface area contributed by atoms with Crippen molar-refractivity contribution < 1.29 is 15.0 Å². The van der Waals surface area contributed by atoms with Gasteiger partial charge in [-0.15, -0.1) is 0 Å². The van der Waals surface area contributed by atoms with E-state index in [0.29, 0.717) is 34.4 Å². The third-order valence-electron chi connectivity index (χ3n) is 4.29. The molecule has 0 heterocycles. The van der Waals surface area contributed by atoms with Crippen LogP contribution in [-0.4, -0.2) is 16.2 Å². The topological polar surface area (TPSA) is 57.5 Å². The molecule has 4 atom stereocenters. The maximum Gasteiger partial charge on any atom is 0.306 e. The Hall–Kier alpha value is -0.770. The Labute approximate surface area is 128 Å². The van der Waals surface area contributed by atoms with Crippen LogP contribution in [0.3, 0.4) is 0 Å². The second-order valence-corrected chi connectivity index (χ2v) is 6.31. The van der Waals surface area contributed by atoms with Crippen LogP contribution in [0.2, 0.25) is 10.0 Å². The first kappa shape index (κ1) is 15.6. The third kappa shape index (κ3) is 3.11. The summed E-state index contributed by atoms with van der Waals surface area (Å²) in [5, 5.41) is 20.8. The number of carbonyl (C=O) groups is 1. The summed E-state index contributed by atoms with van der Waals surface area (Å²) in [5.74, 6) is -1.30. The number of rotatable bonds is 4. The highest BCUT2D eigenvalue weighted by atomic mass is 35.5. The molecule has 0 aromatic heterocycles. The van der Waals surface area contributed by atoms with Gasteiger partial charge in [0.05, 0.1) is 12.0 Å². The molecule has 2 N–H and O–H groups in total. The van der Waals surface area contributed by atoms with Crippen LogP contribution >= 0.6 is 23.2 Å². The van der Waals surface area contributed by atoms with Crippen LogP contribution in [0.1, 0.15) is 37.9 Å². The highest BCUT2D eigenvalue weighted by Crippen LogP contribution is 2.46. The Morgan fingerprint density at radius 2 is 2.10 bits per heavy atom. The van der Waals surface area contributed by atoms with Crippen molar-refractivity contribution in [1.29, 1.82) is 0 Å². The van der Waals surface area contributed by atoms with E-state index in [0.717, 1.165) is 6.42 Å². The van der Waals surface area contributed by atoms with Gasteiger partial charge in [0.1, 0.15) is 0 Å². The molecule has 0 radical (unpaired) electrons. The Morgan fingerprint density at radius 3 is 2.65 bits per heavy atom. The van der Waals surface area contributed by atoms with Crippen LogP contribution in [0.25, 0.3) is 0 Å². The van der Waals surface area contributed by atoms with E-state index in [9.17, 15) is 15.0 Å². The molecule has 0 bridgehead atoms. The van der Waals surface area contributed by atoms with E-state index >= 15 is 0 Å². The maximum absolute atomic E-state index is 11.4. The maximum atomic E-state index is 11.4. The third-order valence-corrected chi connectivity index (χ3v) is 4.85. The standard InChI is InChI=1S/C15H18Cl2O3/c1-2-8-5-11(12(6-8)15(19)20)14(18)10-4-3-9(16)7-13(10)17/h3-4,7-8,11-12,14,18H,2,5-6H2,1H3,(H,19,20). The predicted molar refractivity (Wildman–Crippen MR) is 79.1 cm³/mol. The summed E-state index contributed by atoms with van der Waals surface area (Å²) in [7, 11) is 0. The highest BCUT2D eigenvalue weighted by molar-refractivity contribution is 6.35. The Balaban J connectivity index is 2.26. The molecule has 1 aliphatic carbocycles. The molecular weight excluding hydrogens is 299 g/mol. The molecule has 1 aromatic carbocycles. The van der Waals surface area contributed by atoms with E-state index in [1.807, 2.05) is 6.92 Å². The number of hydrogen-bond donors (Lipinski definition) is 2. The summed E-state index contributed by atoms with van der Waals surface area (Å²) in [6.07, 6.45) is 1.41. The number of carboxylic acid groups (broad SMARTS) is 1. The van der Waals surface area contributed by atoms with E-state index in [-0.39, 0.29) is 5.92 Å². The van der Waals surface area contributed by atoms with Crippen LogP contribution in [-0.2, 0) is 4.79 Å². The normalized spacial score (nSPS) is 27.5. The fourth-order valence-electron chi connectivity index (χ4n) is 3.12. The van der Waals surface area contributed by atoms with Crippen LogP contribution in [0.4, 0.5) is 0 Å². The average Bonchev–Trinajstić information content (AvgIpc) is 2.82. The monoisotopic (exact) mass is 316 g/mol. The molecule has 0 spiro atoms. The highest BCUT2D eigenvalue weighted by Gasteiger charge is 2.42. The van der Waals surface area contributed by atoms with Gasteiger partial charge < -0.3 is 10.2 Å². The van der Waals surface area contributed by atoms with Crippen molar-refractivity contribution in [3.8, 4) is 0 Å². The summed E-state index contributed by atoms with van der Waals surface area (Å²) < 4.78 is 0. The summed E-state index contributed by atoms with van der Waals surface area (Å²) in [5.41, 5.74) is 0.559. The Bertz CT molecular complexity index is 504. The number of benzene rings is 1. The van der Waals surface area contributed by atoms with Gasteiger partial charge in [-0.05, 0) is 36.5 Å². The van der Waals surface area contributed by atoms with Crippen LogP contribution in [0.15, 0.2) is 18.2 Å². The first-order chi connectivity index (χ1) is 9.43. The van der Waals surface area contributed by atoms with Gasteiger partial charge in [-0.25, -0.2) is 0 Å². The molecule has 1 aromatic rings. The van der Waals surface area contributed by atoms with Crippen molar-refractivity contribution in [3.63, 3.8) is 0 Å². The second-order valence-electron chi connectivity index (χ2n) is 5.46. The predicted octanol–water partition coefficient (Wildman–Crippen LogP) is 4.16. The number of aliphatic carboxylic acids is 1. The fraction of sp³-hybridized carbons (Fsp3) is 0.533. The average molecular weight is 317 g/mol. The van der Waals surface area contributed by atoms with Crippen molar-refractivity contribution in [1.82, 2.24) is 0 Å². The minimum Gasteiger partial charge on any atom is -0.481 e. The molecular formula is C15H18Cl2O3. The van der Waals surface area contributed by atoms with Crippen LogP contribution in [0.5, 0.6) is 0 Å². The molecule has 0 aliphatic heterocycles. The number of aliphatic hydroxyl groups is 1. The largest absolute Gasteiger partial charge is 0.481 e. The molecule has 1 saturated carbocycles. The molecule has 3 nitrogen and oxygen atoms in total. The van der Waals surface area contributed by atoms with E-state index < -0.39 is 18.0 Å². The lowest BCUT2D eigenvalue weighted by molar-refractivity contribution is -0.144. The minimum atomic E-state index is -0.864. The lowest BCUT2D eigenvalue weighted by atomic mass is 9.87. The summed E-state index contributed by atoms with van der Waals surface area (Å²) in [4.78, 5) is 11.4. The molecule has 1 aliphatic rings. The molecule has 20 heavy (non-hydrogen) atoms. The van der Waals surface area contributed by atoms with Gasteiger partial charge in [-0.1, -0.05) is 42.6 Å². The smallest absolute Gasteiger partial charge is 0.306 e. The van der Waals surface area contributed by atoms with Gasteiger partial charge in [0.25, 0.3) is 0 Å². The van der Waals surface area contributed by atoms with E-state index in [1.54, 1.807) is 18.2 Å². The number of carboxylic acids is 1. The van der Waals surface area contributed by atoms with Gasteiger partial charge in [-0.2, -0.15) is 0 Å². The molecule has 5 heteroatoms. The van der Waals surface area contributed by atoms with E-state index in [1.165, 1.54) is 0 Å². The summed E-state index contributed by atoms with van der Waals surface area (Å²) in [6.45, 7) is 2.05. The quantitative estimate of drug-likeness (QED) is 0.876. The summed E-state index contributed by atoms with van der Waals surface area (Å²) >= 11 is 12.0. The Morgan fingerprint density at radius 1 is 1.40 bits per heavy atom. The van der Waals surface area contributed by atoms with Crippen molar-refractivity contribution in [2.45, 2.75) is 32.3 Å². The van der Waals surface area contributed by atoms with Gasteiger partial charge in [0.2, 0.25) is 0 Å². The lowest BCUT2D eigenvalue weighted by Crippen LogP contribution is -2.24. The van der Waals surface area contributed by atoms with Gasteiger partial charge >= 0.3 is 5.97 Å². The van der Waals surface area contributed by atoms with Crippen LogP contribution in [0, 0.1) is 17.8 Å². The van der Waals surface area contributed by atoms with Crippen molar-refractivity contribution in [2.75, 3.05) is 0 Å². The van der Waals surface area contributed by atoms with Gasteiger partial charge in [-0.3, -0.25) is 4.79 Å². The molecule has 0 saturated heterocycles. The molecule has 2 rings (SSSR count). The zero-order chi connectivity index (χ0) is 14.9. The number of aliphatic hydroxyl groups excluding tert-OH is 1. The first-order valence-electron chi connectivity index (χ1n) is 6.79. The van der Waals surface area contributed by atoms with Crippen molar-refractivity contribution in [3.05, 3.63) is 33.8 Å². The molecule has 1 fully saturated rings. The van der Waals surface area contributed by atoms with Crippen molar-refractivity contribution in [2.24, 2.45) is 17.8 Å². The summed E-state index contributed by atoms with van der Waals surface area (Å²) in [6, 6.07) is 4.91. The number of hydrogen-bond acceptors (Lipinski definition) is 2. The number of halogens is 2. The first-order valence-corrected chi connectivity index (χ1v) is 7.55. The van der Waals surface area contributed by atoms with Gasteiger partial charge in [0.15, 0.2) is 0 Å². The second kappa shape index (κ2) is 6.33. The van der Waals surface area contributed by atoms with E-state index in [4.69, 9.17) is 23.2 Å². The SMILES string of the molecule is CCC1CC(C(=O)O)C(C(O)c2ccc(Cl)cc2Cl)C1. The van der Waals surface area contributed by atoms with Crippen LogP contribution < -0.4 is 0 Å². The molecule has 4 unspecified atom stereocenters. The fourth-order valence-corrected chi connectivity index (χ4v) is 3.64. The molecule has 110 valence electrons. The Kier molecular flexibility index (Phi) is 4.95. The zero-order valence-electron chi connectivity index (χ0n) is 11.2. The lowest BCUT2D eigenvalue weighted by Gasteiger charge is -2.23. The van der Waals surface area contributed by atoms with Gasteiger partial charge in [0, 0.05) is 16.0 Å². The minimum absolute atomic E-state index is 0.295. The molecule has 0 amide bonds.